The Morgan fingerprint density at radius 1 is 1.60 bits per heavy atom. The van der Waals surface area contributed by atoms with E-state index in [0.717, 1.165) is 6.20 Å². The molecule has 1 aromatic rings. The van der Waals surface area contributed by atoms with Crippen LogP contribution in [0.1, 0.15) is 27.9 Å². The van der Waals surface area contributed by atoms with Gasteiger partial charge in [-0.1, -0.05) is 0 Å². The third-order valence-electron chi connectivity index (χ3n) is 1.90. The Labute approximate surface area is 83.7 Å². The van der Waals surface area contributed by atoms with Gasteiger partial charge in [0, 0.05) is 18.3 Å². The molecule has 5 N–H and O–H groups in total. The van der Waals surface area contributed by atoms with E-state index in [1.807, 2.05) is 0 Å². The number of carbonyl (C=O) groups is 1. The van der Waals surface area contributed by atoms with Gasteiger partial charge in [0.15, 0.2) is 0 Å². The molecule has 0 unspecified atom stereocenters. The van der Waals surface area contributed by atoms with Crippen molar-refractivity contribution in [2.45, 2.75) is 13.0 Å². The van der Waals surface area contributed by atoms with Gasteiger partial charge in [0.2, 0.25) is 0 Å². The first-order valence-electron chi connectivity index (χ1n) is 3.97. The first-order valence-corrected chi connectivity index (χ1v) is 3.97. The van der Waals surface area contributed by atoms with Gasteiger partial charge >= 0.3 is 5.97 Å². The van der Waals surface area contributed by atoms with Crippen LogP contribution < -0.4 is 11.5 Å². The number of aromatic carboxylic acids is 1. The van der Waals surface area contributed by atoms with E-state index in [1.54, 1.807) is 0 Å². The van der Waals surface area contributed by atoms with Crippen molar-refractivity contribution in [2.75, 3.05) is 5.73 Å². The van der Waals surface area contributed by atoms with Gasteiger partial charge in [-0.3, -0.25) is 0 Å². The van der Waals surface area contributed by atoms with Crippen LogP contribution in [0, 0.1) is 0 Å². The summed E-state index contributed by atoms with van der Waals surface area (Å²) in [6, 6.07) is 0. The molecule has 0 bridgehead atoms. The number of carboxylic acid groups (broad SMARTS) is 1. The Hall–Kier alpha value is -1.76. The highest BCUT2D eigenvalue weighted by molar-refractivity contribution is 5.94. The maximum Gasteiger partial charge on any atom is 0.339 e. The molecule has 0 amide bonds. The van der Waals surface area contributed by atoms with E-state index in [4.69, 9.17) is 16.6 Å². The molecule has 0 aliphatic heterocycles. The van der Waals surface area contributed by atoms with Crippen LogP contribution in [0.5, 0.6) is 0 Å². The molecule has 1 rings (SSSR count). The summed E-state index contributed by atoms with van der Waals surface area (Å²) in [5.41, 5.74) is 9.37. The molecule has 1 aromatic heterocycles. The lowest BCUT2D eigenvalue weighted by molar-refractivity contribution is 0.0696. The maximum absolute atomic E-state index is 12.5. The maximum atomic E-state index is 12.5. The Bertz CT molecular complexity index is 396. The predicted octanol–water partition coefficient (Wildman–Crippen LogP) is 0.758. The summed E-state index contributed by atoms with van der Waals surface area (Å²) in [6.07, 6.45) is -1.98. The van der Waals surface area contributed by atoms with E-state index < -0.39 is 23.5 Å². The van der Waals surface area contributed by atoms with Crippen molar-refractivity contribution < 1.29 is 18.7 Å². The number of alkyl halides is 2. The van der Waals surface area contributed by atoms with Crippen LogP contribution in [0.4, 0.5) is 14.6 Å². The highest BCUT2D eigenvalue weighted by Crippen LogP contribution is 2.26. The number of nitrogen functional groups attached to an aromatic ring is 1. The molecule has 0 aromatic carbocycles. The zero-order valence-corrected chi connectivity index (χ0v) is 7.58. The predicted molar refractivity (Wildman–Crippen MR) is 48.5 cm³/mol. The van der Waals surface area contributed by atoms with E-state index >= 15 is 0 Å². The molecule has 82 valence electrons. The lowest BCUT2D eigenvalue weighted by Crippen LogP contribution is -2.14. The highest BCUT2D eigenvalue weighted by atomic mass is 19.3. The molecule has 0 radical (unpaired) electrons. The van der Waals surface area contributed by atoms with Crippen LogP contribution in [0.2, 0.25) is 0 Å². The van der Waals surface area contributed by atoms with Gasteiger partial charge in [-0.25, -0.2) is 18.6 Å². The van der Waals surface area contributed by atoms with Gasteiger partial charge in [-0.15, -0.1) is 0 Å². The van der Waals surface area contributed by atoms with Crippen LogP contribution in [0.25, 0.3) is 0 Å². The number of hydrogen-bond acceptors (Lipinski definition) is 4. The first kappa shape index (κ1) is 11.3. The van der Waals surface area contributed by atoms with Crippen LogP contribution in [-0.4, -0.2) is 16.1 Å². The Morgan fingerprint density at radius 2 is 2.20 bits per heavy atom. The van der Waals surface area contributed by atoms with E-state index in [2.05, 4.69) is 4.98 Å². The molecule has 0 saturated carbocycles. The van der Waals surface area contributed by atoms with Gasteiger partial charge < -0.3 is 16.6 Å². The van der Waals surface area contributed by atoms with Crippen molar-refractivity contribution in [1.82, 2.24) is 4.98 Å². The molecule has 7 heteroatoms. The number of rotatable bonds is 3. The zero-order chi connectivity index (χ0) is 11.6. The minimum Gasteiger partial charge on any atom is -0.478 e. The zero-order valence-electron chi connectivity index (χ0n) is 7.58. The lowest BCUT2D eigenvalue weighted by Gasteiger charge is -2.11. The molecule has 1 heterocycles. The number of nitrogens with zero attached hydrogens (tertiary/aromatic N) is 1. The molecular weight excluding hydrogens is 208 g/mol. The summed E-state index contributed by atoms with van der Waals surface area (Å²) in [5.74, 6) is -1.73. The van der Waals surface area contributed by atoms with E-state index in [0.29, 0.717) is 0 Å². The topological polar surface area (TPSA) is 102 Å². The van der Waals surface area contributed by atoms with Crippen molar-refractivity contribution in [2.24, 2.45) is 5.73 Å². The van der Waals surface area contributed by atoms with Gasteiger partial charge in [0.05, 0.1) is 0 Å². The fourth-order valence-electron chi connectivity index (χ4n) is 1.23. The third kappa shape index (κ3) is 2.01. The van der Waals surface area contributed by atoms with Crippen LogP contribution >= 0.6 is 0 Å². The van der Waals surface area contributed by atoms with Crippen molar-refractivity contribution in [3.05, 3.63) is 22.9 Å². The average molecular weight is 217 g/mol. The number of pyridine rings is 1. The standard InChI is InChI=1S/C8H9F2N3O2/c9-6(10)4-2-13-7(12)5(8(14)15)3(4)1-11/h2,6H,1,11H2,(H2,12,13)(H,14,15). The SMILES string of the molecule is NCc1c(C(F)F)cnc(N)c1C(=O)O. The molecule has 0 aliphatic rings. The smallest absolute Gasteiger partial charge is 0.339 e. The summed E-state index contributed by atoms with van der Waals surface area (Å²) in [4.78, 5) is 14.1. The van der Waals surface area contributed by atoms with Crippen molar-refractivity contribution in [3.63, 3.8) is 0 Å². The minimum atomic E-state index is -2.82. The normalized spacial score (nSPS) is 10.7. The summed E-state index contributed by atoms with van der Waals surface area (Å²) < 4.78 is 24.9. The number of hydrogen-bond donors (Lipinski definition) is 3. The molecule has 5 nitrogen and oxygen atoms in total. The number of nitrogens with two attached hydrogens (primary N) is 2. The van der Waals surface area contributed by atoms with Crippen LogP contribution in [0.15, 0.2) is 6.20 Å². The third-order valence-corrected chi connectivity index (χ3v) is 1.90. The van der Waals surface area contributed by atoms with Crippen molar-refractivity contribution in [1.29, 1.82) is 0 Å². The Morgan fingerprint density at radius 3 is 2.60 bits per heavy atom. The lowest BCUT2D eigenvalue weighted by atomic mass is 10.0. The molecule has 15 heavy (non-hydrogen) atoms. The van der Waals surface area contributed by atoms with E-state index in [1.165, 1.54) is 0 Å². The number of anilines is 1. The van der Waals surface area contributed by atoms with Crippen LogP contribution in [-0.2, 0) is 6.54 Å². The molecule has 0 spiro atoms. The summed E-state index contributed by atoms with van der Waals surface area (Å²) in [6.45, 7) is -0.325. The fraction of sp³-hybridized carbons (Fsp3) is 0.250. The molecular formula is C8H9F2N3O2. The number of carboxylic acids is 1. The Balaban J connectivity index is 3.47. The summed E-state index contributed by atoms with van der Waals surface area (Å²) in [7, 11) is 0. The second kappa shape index (κ2) is 4.18. The molecule has 0 saturated heterocycles. The van der Waals surface area contributed by atoms with E-state index in [9.17, 15) is 13.6 Å². The van der Waals surface area contributed by atoms with Gasteiger partial charge in [-0.2, -0.15) is 0 Å². The van der Waals surface area contributed by atoms with E-state index in [-0.39, 0.29) is 17.9 Å². The minimum absolute atomic E-state index is 0.176. The van der Waals surface area contributed by atoms with Crippen molar-refractivity contribution >= 4 is 11.8 Å². The largest absolute Gasteiger partial charge is 0.478 e. The Kier molecular flexibility index (Phi) is 3.15. The van der Waals surface area contributed by atoms with Gasteiger partial charge in [0.25, 0.3) is 6.43 Å². The number of halogens is 2. The number of aromatic nitrogens is 1. The summed E-state index contributed by atoms with van der Waals surface area (Å²) >= 11 is 0. The second-order valence-corrected chi connectivity index (χ2v) is 2.76. The molecule has 0 fully saturated rings. The molecule has 0 atom stereocenters. The summed E-state index contributed by atoms with van der Waals surface area (Å²) in [5, 5.41) is 8.76. The van der Waals surface area contributed by atoms with Gasteiger partial charge in [-0.05, 0) is 5.56 Å². The fourth-order valence-corrected chi connectivity index (χ4v) is 1.23. The highest BCUT2D eigenvalue weighted by Gasteiger charge is 2.22. The second-order valence-electron chi connectivity index (χ2n) is 2.76. The first-order chi connectivity index (χ1) is 6.99. The van der Waals surface area contributed by atoms with Crippen molar-refractivity contribution in [3.8, 4) is 0 Å². The van der Waals surface area contributed by atoms with Crippen LogP contribution in [0.3, 0.4) is 0 Å². The quantitative estimate of drug-likeness (QED) is 0.693. The van der Waals surface area contributed by atoms with Gasteiger partial charge in [0.1, 0.15) is 11.4 Å². The monoisotopic (exact) mass is 217 g/mol. The average Bonchev–Trinajstić information content (AvgIpc) is 2.15. The molecule has 0 aliphatic carbocycles.